The van der Waals surface area contributed by atoms with Crippen LogP contribution in [0.3, 0.4) is 0 Å². The van der Waals surface area contributed by atoms with E-state index in [1.165, 1.54) is 0 Å². The summed E-state index contributed by atoms with van der Waals surface area (Å²) in [7, 11) is 1.59. The van der Waals surface area contributed by atoms with Gasteiger partial charge in [-0.05, 0) is 32.6 Å². The Morgan fingerprint density at radius 2 is 2.10 bits per heavy atom. The van der Waals surface area contributed by atoms with Crippen molar-refractivity contribution in [2.45, 2.75) is 49.3 Å². The first-order valence-electron chi connectivity index (χ1n) is 7.11. The van der Waals surface area contributed by atoms with Gasteiger partial charge in [0, 0.05) is 42.7 Å². The lowest BCUT2D eigenvalue weighted by atomic mass is 9.84. The monoisotopic (exact) mass is 334 g/mol. The topological polar surface area (TPSA) is 70.4 Å². The highest BCUT2D eigenvalue weighted by Crippen LogP contribution is 2.39. The molecule has 0 bridgehead atoms. The second kappa shape index (κ2) is 5.53. The molecule has 0 saturated carbocycles. The minimum Gasteiger partial charge on any atom is -0.381 e. The molecule has 0 aromatic carbocycles. The molecule has 6 nitrogen and oxygen atoms in total. The molecule has 1 unspecified atom stereocenters. The van der Waals surface area contributed by atoms with Crippen LogP contribution in [-0.4, -0.2) is 43.4 Å². The van der Waals surface area contributed by atoms with Crippen molar-refractivity contribution in [2.24, 2.45) is 0 Å². The van der Waals surface area contributed by atoms with Gasteiger partial charge in [0.05, 0.1) is 5.60 Å². The number of ether oxygens (including phenoxy) is 2. The maximum absolute atomic E-state index is 11.4. The fourth-order valence-electron chi connectivity index (χ4n) is 3.28. The quantitative estimate of drug-likeness (QED) is 0.774. The van der Waals surface area contributed by atoms with Crippen molar-refractivity contribution in [2.75, 3.05) is 19.8 Å². The van der Waals surface area contributed by atoms with Crippen LogP contribution in [-0.2, 0) is 18.5 Å². The van der Waals surface area contributed by atoms with Gasteiger partial charge in [-0.3, -0.25) is 0 Å². The summed E-state index contributed by atoms with van der Waals surface area (Å²) in [6.45, 7) is 3.91. The predicted molar refractivity (Wildman–Crippen MR) is 77.0 cm³/mol. The highest BCUT2D eigenvalue weighted by Gasteiger charge is 2.40. The molecule has 0 N–H and O–H groups in total. The van der Waals surface area contributed by atoms with Gasteiger partial charge in [0.1, 0.15) is 5.82 Å². The minimum atomic E-state index is -3.79. The van der Waals surface area contributed by atoms with Crippen LogP contribution in [0.1, 0.15) is 37.5 Å². The summed E-state index contributed by atoms with van der Waals surface area (Å²) >= 11 is 0. The Morgan fingerprint density at radius 1 is 1.38 bits per heavy atom. The van der Waals surface area contributed by atoms with E-state index in [1.54, 1.807) is 13.1 Å². The molecule has 3 heterocycles. The summed E-state index contributed by atoms with van der Waals surface area (Å²) in [6, 6.07) is 0.191. The molecular weight excluding hydrogens is 316 g/mol. The van der Waals surface area contributed by atoms with Gasteiger partial charge in [0.2, 0.25) is 0 Å². The molecule has 1 atom stereocenters. The summed E-state index contributed by atoms with van der Waals surface area (Å²) in [5.74, 6) is 0.670. The van der Waals surface area contributed by atoms with Crippen molar-refractivity contribution < 1.29 is 17.9 Å². The molecule has 1 aromatic heterocycles. The Hall–Kier alpha value is -0.630. The van der Waals surface area contributed by atoms with Crippen LogP contribution < -0.4 is 0 Å². The number of aromatic nitrogens is 2. The fraction of sp³-hybridized carbons (Fsp3) is 0.769. The van der Waals surface area contributed by atoms with Crippen LogP contribution in [0.15, 0.2) is 11.2 Å². The smallest absolute Gasteiger partial charge is 0.280 e. The molecule has 2 fully saturated rings. The Kier molecular flexibility index (Phi) is 4.02. The number of halogens is 1. The summed E-state index contributed by atoms with van der Waals surface area (Å²) in [5, 5.41) is -0.0748. The molecule has 2 saturated heterocycles. The normalized spacial score (nSPS) is 26.1. The average Bonchev–Trinajstić information content (AvgIpc) is 2.82. The SMILES string of the molecule is Cc1nc(S(=O)(=O)Cl)cn1C1CCOC2(CCOCC2)C1. The van der Waals surface area contributed by atoms with E-state index >= 15 is 0 Å². The molecule has 21 heavy (non-hydrogen) atoms. The van der Waals surface area contributed by atoms with E-state index in [0.717, 1.165) is 38.9 Å². The van der Waals surface area contributed by atoms with Crippen molar-refractivity contribution in [3.63, 3.8) is 0 Å². The van der Waals surface area contributed by atoms with E-state index in [0.29, 0.717) is 12.4 Å². The third-order valence-electron chi connectivity index (χ3n) is 4.41. The van der Waals surface area contributed by atoms with Crippen LogP contribution in [0.4, 0.5) is 0 Å². The summed E-state index contributed by atoms with van der Waals surface area (Å²) in [4.78, 5) is 4.07. The van der Waals surface area contributed by atoms with E-state index in [1.807, 2.05) is 4.57 Å². The second-order valence-electron chi connectivity index (χ2n) is 5.76. The Balaban J connectivity index is 1.85. The standard InChI is InChI=1S/C13H19ClN2O4S/c1-10-15-12(21(14,17)18)9-16(10)11-2-5-20-13(8-11)3-6-19-7-4-13/h9,11H,2-8H2,1H3. The van der Waals surface area contributed by atoms with Gasteiger partial charge < -0.3 is 14.0 Å². The molecule has 118 valence electrons. The van der Waals surface area contributed by atoms with E-state index < -0.39 is 9.05 Å². The van der Waals surface area contributed by atoms with Gasteiger partial charge in [-0.15, -0.1) is 0 Å². The van der Waals surface area contributed by atoms with Gasteiger partial charge in [-0.1, -0.05) is 0 Å². The third-order valence-corrected chi connectivity index (χ3v) is 5.58. The van der Waals surface area contributed by atoms with E-state index in [-0.39, 0.29) is 16.7 Å². The van der Waals surface area contributed by atoms with Gasteiger partial charge in [-0.2, -0.15) is 0 Å². The van der Waals surface area contributed by atoms with Gasteiger partial charge in [-0.25, -0.2) is 13.4 Å². The zero-order valence-corrected chi connectivity index (χ0v) is 13.5. The molecule has 0 aliphatic carbocycles. The first-order chi connectivity index (χ1) is 9.90. The van der Waals surface area contributed by atoms with Crippen molar-refractivity contribution in [1.29, 1.82) is 0 Å². The maximum atomic E-state index is 11.4. The van der Waals surface area contributed by atoms with Crippen LogP contribution >= 0.6 is 10.7 Å². The lowest BCUT2D eigenvalue weighted by Gasteiger charge is -2.43. The molecule has 1 aromatic rings. The van der Waals surface area contributed by atoms with Crippen LogP contribution in [0.5, 0.6) is 0 Å². The van der Waals surface area contributed by atoms with Crippen molar-refractivity contribution in [3.05, 3.63) is 12.0 Å². The van der Waals surface area contributed by atoms with Crippen molar-refractivity contribution >= 4 is 19.7 Å². The Bertz CT molecular complexity index is 617. The zero-order valence-electron chi connectivity index (χ0n) is 11.9. The molecular formula is C13H19ClN2O4S. The lowest BCUT2D eigenvalue weighted by Crippen LogP contribution is -2.44. The number of imidazole rings is 1. The van der Waals surface area contributed by atoms with Gasteiger partial charge in [0.25, 0.3) is 9.05 Å². The molecule has 0 amide bonds. The molecule has 8 heteroatoms. The Labute approximate surface area is 128 Å². The van der Waals surface area contributed by atoms with Gasteiger partial charge in [0.15, 0.2) is 5.03 Å². The predicted octanol–water partition coefficient (Wildman–Crippen LogP) is 2.02. The Morgan fingerprint density at radius 3 is 2.71 bits per heavy atom. The van der Waals surface area contributed by atoms with E-state index in [4.69, 9.17) is 20.2 Å². The fourth-order valence-corrected chi connectivity index (χ4v) is 3.98. The lowest BCUT2D eigenvalue weighted by molar-refractivity contribution is -0.144. The summed E-state index contributed by atoms with van der Waals surface area (Å²) in [6.07, 6.45) is 5.02. The molecule has 3 rings (SSSR count). The van der Waals surface area contributed by atoms with Crippen LogP contribution in [0, 0.1) is 6.92 Å². The van der Waals surface area contributed by atoms with Crippen LogP contribution in [0.2, 0.25) is 0 Å². The van der Waals surface area contributed by atoms with Crippen molar-refractivity contribution in [1.82, 2.24) is 9.55 Å². The first kappa shape index (κ1) is 15.3. The number of hydrogen-bond donors (Lipinski definition) is 0. The largest absolute Gasteiger partial charge is 0.381 e. The number of nitrogens with zero attached hydrogens (tertiary/aromatic N) is 2. The molecule has 0 radical (unpaired) electrons. The van der Waals surface area contributed by atoms with Crippen LogP contribution in [0.25, 0.3) is 0 Å². The molecule has 1 spiro atoms. The highest BCUT2D eigenvalue weighted by atomic mass is 35.7. The van der Waals surface area contributed by atoms with E-state index in [2.05, 4.69) is 4.98 Å². The minimum absolute atomic E-state index is 0.0748. The number of hydrogen-bond acceptors (Lipinski definition) is 5. The van der Waals surface area contributed by atoms with E-state index in [9.17, 15) is 8.42 Å². The molecule has 2 aliphatic rings. The zero-order chi connectivity index (χ0) is 15.1. The summed E-state index contributed by atoms with van der Waals surface area (Å²) in [5.41, 5.74) is -0.141. The maximum Gasteiger partial charge on any atom is 0.280 e. The number of aryl methyl sites for hydroxylation is 1. The third kappa shape index (κ3) is 3.11. The average molecular weight is 335 g/mol. The first-order valence-corrected chi connectivity index (χ1v) is 9.42. The molecule has 2 aliphatic heterocycles. The van der Waals surface area contributed by atoms with Crippen molar-refractivity contribution in [3.8, 4) is 0 Å². The highest BCUT2D eigenvalue weighted by molar-refractivity contribution is 8.13. The number of rotatable bonds is 2. The second-order valence-corrected chi connectivity index (χ2v) is 8.27. The summed E-state index contributed by atoms with van der Waals surface area (Å²) < 4.78 is 36.2. The van der Waals surface area contributed by atoms with Gasteiger partial charge >= 0.3 is 0 Å².